The van der Waals surface area contributed by atoms with Gasteiger partial charge in [0.25, 0.3) is 0 Å². The summed E-state index contributed by atoms with van der Waals surface area (Å²) >= 11 is 0. The van der Waals surface area contributed by atoms with Crippen molar-refractivity contribution in [3.8, 4) is 0 Å². The van der Waals surface area contributed by atoms with Gasteiger partial charge in [0.2, 0.25) is 5.95 Å². The van der Waals surface area contributed by atoms with Gasteiger partial charge in [-0.2, -0.15) is 0 Å². The van der Waals surface area contributed by atoms with Crippen LogP contribution in [0.5, 0.6) is 0 Å². The first kappa shape index (κ1) is 15.1. The van der Waals surface area contributed by atoms with Gasteiger partial charge in [-0.1, -0.05) is 91.0 Å². The van der Waals surface area contributed by atoms with Gasteiger partial charge >= 0.3 is 0 Å². The third kappa shape index (κ3) is 2.39. The second-order valence-corrected chi connectivity index (χ2v) is 5.87. The molecule has 4 aromatic rings. The van der Waals surface area contributed by atoms with Gasteiger partial charge in [-0.15, -0.1) is 10.2 Å². The van der Waals surface area contributed by atoms with Crippen LogP contribution in [0, 0.1) is 0 Å². The molecule has 0 bridgehead atoms. The van der Waals surface area contributed by atoms with Crippen LogP contribution in [0.4, 0.5) is 5.95 Å². The number of aromatic nitrogens is 3. The van der Waals surface area contributed by atoms with E-state index in [1.54, 1.807) is 6.33 Å². The lowest BCUT2D eigenvalue weighted by atomic mass is 9.76. The number of hydrogen-bond donors (Lipinski definition) is 1. The zero-order chi connectivity index (χ0) is 17.1. The highest BCUT2D eigenvalue weighted by molar-refractivity contribution is 5.52. The van der Waals surface area contributed by atoms with Gasteiger partial charge in [-0.3, -0.25) is 4.57 Å². The molecule has 0 saturated heterocycles. The normalized spacial score (nSPS) is 11.4. The second kappa shape index (κ2) is 6.24. The number of rotatable bonds is 4. The summed E-state index contributed by atoms with van der Waals surface area (Å²) in [5.41, 5.74) is 8.88. The lowest BCUT2D eigenvalue weighted by molar-refractivity contribution is 0.520. The van der Waals surface area contributed by atoms with Crippen molar-refractivity contribution in [2.45, 2.75) is 5.54 Å². The quantitative estimate of drug-likeness (QED) is 0.582. The first-order chi connectivity index (χ1) is 12.3. The molecule has 0 fully saturated rings. The monoisotopic (exact) mass is 326 g/mol. The number of nitrogens with zero attached hydrogens (tertiary/aromatic N) is 3. The molecule has 122 valence electrons. The van der Waals surface area contributed by atoms with Crippen molar-refractivity contribution in [2.24, 2.45) is 0 Å². The van der Waals surface area contributed by atoms with Crippen LogP contribution in [-0.2, 0) is 5.54 Å². The zero-order valence-corrected chi connectivity index (χ0v) is 13.7. The second-order valence-electron chi connectivity index (χ2n) is 5.87. The minimum Gasteiger partial charge on any atom is -0.368 e. The van der Waals surface area contributed by atoms with E-state index < -0.39 is 5.54 Å². The number of anilines is 1. The Labute approximate surface area is 146 Å². The number of nitrogens with two attached hydrogens (primary N) is 1. The van der Waals surface area contributed by atoms with E-state index >= 15 is 0 Å². The standard InChI is InChI=1S/C21H18N4/c22-20-24-23-16-25(20)21(17-10-4-1-5-11-17,18-12-6-2-7-13-18)19-14-8-3-9-15-19/h1-16H,(H2,22,24). The van der Waals surface area contributed by atoms with Crippen molar-refractivity contribution in [3.63, 3.8) is 0 Å². The Morgan fingerprint density at radius 3 is 1.36 bits per heavy atom. The molecule has 0 aliphatic rings. The molecular formula is C21H18N4. The maximum atomic E-state index is 6.23. The smallest absolute Gasteiger partial charge is 0.223 e. The molecule has 3 aromatic carbocycles. The van der Waals surface area contributed by atoms with E-state index in [1.165, 1.54) is 0 Å². The average molecular weight is 326 g/mol. The van der Waals surface area contributed by atoms with Crippen LogP contribution in [-0.4, -0.2) is 14.8 Å². The van der Waals surface area contributed by atoms with Crippen molar-refractivity contribution < 1.29 is 0 Å². The Hall–Kier alpha value is -3.40. The van der Waals surface area contributed by atoms with Gasteiger partial charge in [-0.05, 0) is 16.7 Å². The molecule has 0 amide bonds. The predicted octanol–water partition coefficient (Wildman–Crippen LogP) is 3.70. The molecule has 0 spiro atoms. The molecule has 25 heavy (non-hydrogen) atoms. The SMILES string of the molecule is Nc1nncn1C(c1ccccc1)(c1ccccc1)c1ccccc1. The molecule has 0 radical (unpaired) electrons. The van der Waals surface area contributed by atoms with E-state index in [4.69, 9.17) is 5.73 Å². The molecule has 0 unspecified atom stereocenters. The Morgan fingerprint density at radius 1 is 0.640 bits per heavy atom. The summed E-state index contributed by atoms with van der Waals surface area (Å²) in [6, 6.07) is 30.9. The lowest BCUT2D eigenvalue weighted by Gasteiger charge is -2.37. The molecule has 1 heterocycles. The highest BCUT2D eigenvalue weighted by Crippen LogP contribution is 2.41. The van der Waals surface area contributed by atoms with E-state index in [-0.39, 0.29) is 0 Å². The van der Waals surface area contributed by atoms with Crippen molar-refractivity contribution in [2.75, 3.05) is 5.73 Å². The van der Waals surface area contributed by atoms with Crippen LogP contribution in [0.15, 0.2) is 97.3 Å². The van der Waals surface area contributed by atoms with Crippen LogP contribution >= 0.6 is 0 Å². The highest BCUT2D eigenvalue weighted by Gasteiger charge is 2.39. The summed E-state index contributed by atoms with van der Waals surface area (Å²) in [4.78, 5) is 0. The minimum absolute atomic E-state index is 0.372. The van der Waals surface area contributed by atoms with E-state index in [9.17, 15) is 0 Å². The summed E-state index contributed by atoms with van der Waals surface area (Å²) in [6.07, 6.45) is 1.70. The molecule has 2 N–H and O–H groups in total. The predicted molar refractivity (Wildman–Crippen MR) is 99.0 cm³/mol. The van der Waals surface area contributed by atoms with Gasteiger partial charge in [0, 0.05) is 0 Å². The van der Waals surface area contributed by atoms with Crippen molar-refractivity contribution in [3.05, 3.63) is 114 Å². The summed E-state index contributed by atoms with van der Waals surface area (Å²) in [5.74, 6) is 0.372. The highest BCUT2D eigenvalue weighted by atomic mass is 15.3. The van der Waals surface area contributed by atoms with Crippen molar-refractivity contribution in [1.82, 2.24) is 14.8 Å². The fourth-order valence-corrected chi connectivity index (χ4v) is 3.46. The minimum atomic E-state index is -0.642. The van der Waals surface area contributed by atoms with Crippen LogP contribution in [0.25, 0.3) is 0 Å². The van der Waals surface area contributed by atoms with Gasteiger partial charge < -0.3 is 5.73 Å². The summed E-state index contributed by atoms with van der Waals surface area (Å²) in [6.45, 7) is 0. The van der Waals surface area contributed by atoms with E-state index in [0.29, 0.717) is 5.95 Å². The van der Waals surface area contributed by atoms with Gasteiger partial charge in [0.15, 0.2) is 0 Å². The molecule has 4 nitrogen and oxygen atoms in total. The third-order valence-electron chi connectivity index (χ3n) is 4.51. The molecule has 0 aliphatic heterocycles. The van der Waals surface area contributed by atoms with Crippen LogP contribution in [0.2, 0.25) is 0 Å². The fourth-order valence-electron chi connectivity index (χ4n) is 3.46. The van der Waals surface area contributed by atoms with Crippen LogP contribution in [0.1, 0.15) is 16.7 Å². The zero-order valence-electron chi connectivity index (χ0n) is 13.7. The van der Waals surface area contributed by atoms with Crippen LogP contribution in [0.3, 0.4) is 0 Å². The Kier molecular flexibility index (Phi) is 3.78. The van der Waals surface area contributed by atoms with E-state index in [0.717, 1.165) is 16.7 Å². The molecule has 0 aliphatic carbocycles. The first-order valence-electron chi connectivity index (χ1n) is 8.16. The van der Waals surface area contributed by atoms with E-state index in [1.807, 2.05) is 59.2 Å². The molecule has 1 aromatic heterocycles. The Morgan fingerprint density at radius 2 is 1.04 bits per heavy atom. The van der Waals surface area contributed by atoms with Gasteiger partial charge in [0.05, 0.1) is 0 Å². The summed E-state index contributed by atoms with van der Waals surface area (Å²) in [7, 11) is 0. The molecule has 0 saturated carbocycles. The van der Waals surface area contributed by atoms with Gasteiger partial charge in [0.1, 0.15) is 11.9 Å². The van der Waals surface area contributed by atoms with Gasteiger partial charge in [-0.25, -0.2) is 0 Å². The summed E-state index contributed by atoms with van der Waals surface area (Å²) < 4.78 is 1.94. The molecular weight excluding hydrogens is 308 g/mol. The molecule has 4 rings (SSSR count). The maximum Gasteiger partial charge on any atom is 0.223 e. The van der Waals surface area contributed by atoms with Crippen LogP contribution < -0.4 is 5.73 Å². The van der Waals surface area contributed by atoms with E-state index in [2.05, 4.69) is 46.6 Å². The molecule has 4 heteroatoms. The Balaban J connectivity index is 2.15. The summed E-state index contributed by atoms with van der Waals surface area (Å²) in [5, 5.41) is 8.10. The van der Waals surface area contributed by atoms with Crippen molar-refractivity contribution >= 4 is 5.95 Å². The van der Waals surface area contributed by atoms with Crippen molar-refractivity contribution in [1.29, 1.82) is 0 Å². The lowest BCUT2D eigenvalue weighted by Crippen LogP contribution is -2.38. The largest absolute Gasteiger partial charge is 0.368 e. The maximum absolute atomic E-state index is 6.23. The number of benzene rings is 3. The Bertz CT molecular complexity index is 850. The molecule has 0 atom stereocenters. The topological polar surface area (TPSA) is 56.7 Å². The third-order valence-corrected chi connectivity index (χ3v) is 4.51. The average Bonchev–Trinajstić information content (AvgIpc) is 3.12. The fraction of sp³-hybridized carbons (Fsp3) is 0.0476. The first-order valence-corrected chi connectivity index (χ1v) is 8.16. The number of hydrogen-bond acceptors (Lipinski definition) is 3. The number of nitrogen functional groups attached to an aromatic ring is 1.